The minimum Gasteiger partial charge on any atom is -0.465 e. The van der Waals surface area contributed by atoms with E-state index < -0.39 is 5.54 Å². The van der Waals surface area contributed by atoms with E-state index in [4.69, 9.17) is 4.74 Å². The molecule has 4 heteroatoms. The smallest absolute Gasteiger partial charge is 0.326 e. The predicted octanol–water partition coefficient (Wildman–Crippen LogP) is 1.79. The van der Waals surface area contributed by atoms with E-state index in [1.807, 2.05) is 20.9 Å². The second-order valence-electron chi connectivity index (χ2n) is 5.32. The lowest BCUT2D eigenvalue weighted by Gasteiger charge is -2.30. The van der Waals surface area contributed by atoms with Gasteiger partial charge >= 0.3 is 5.97 Å². The Bertz CT molecular complexity index is 267. The molecule has 0 saturated heterocycles. The Labute approximate surface area is 111 Å². The Morgan fingerprint density at radius 1 is 1.39 bits per heavy atom. The molecule has 0 spiro atoms. The molecule has 1 aliphatic rings. The zero-order valence-corrected chi connectivity index (χ0v) is 12.3. The molecule has 18 heavy (non-hydrogen) atoms. The van der Waals surface area contributed by atoms with E-state index in [9.17, 15) is 4.79 Å². The third kappa shape index (κ3) is 4.25. The maximum Gasteiger partial charge on any atom is 0.326 e. The van der Waals surface area contributed by atoms with E-state index in [-0.39, 0.29) is 5.97 Å². The van der Waals surface area contributed by atoms with Gasteiger partial charge in [0.05, 0.1) is 6.61 Å². The number of nitrogens with one attached hydrogen (secondary N) is 1. The first kappa shape index (κ1) is 15.4. The number of esters is 1. The molecule has 0 amide bonds. The fourth-order valence-corrected chi connectivity index (χ4v) is 2.19. The van der Waals surface area contributed by atoms with E-state index in [1.165, 1.54) is 19.3 Å². The highest BCUT2D eigenvalue weighted by molar-refractivity contribution is 5.80. The van der Waals surface area contributed by atoms with Gasteiger partial charge in [0.15, 0.2) is 0 Å². The zero-order valence-electron chi connectivity index (χ0n) is 12.3. The Balaban J connectivity index is 2.48. The third-order valence-electron chi connectivity index (χ3n) is 3.75. The minimum atomic E-state index is -0.559. The highest BCUT2D eigenvalue weighted by Gasteiger charge is 2.35. The molecule has 0 bridgehead atoms. The number of carbonyl (C=O) groups is 1. The molecular weight excluding hydrogens is 228 g/mol. The van der Waals surface area contributed by atoms with E-state index in [2.05, 4.69) is 17.1 Å². The summed E-state index contributed by atoms with van der Waals surface area (Å²) in [6.07, 6.45) is 4.61. The summed E-state index contributed by atoms with van der Waals surface area (Å²) < 4.78 is 5.15. The van der Waals surface area contributed by atoms with Crippen molar-refractivity contribution in [3.8, 4) is 0 Å². The largest absolute Gasteiger partial charge is 0.465 e. The lowest BCUT2D eigenvalue weighted by atomic mass is 9.97. The van der Waals surface area contributed by atoms with Crippen LogP contribution in [-0.4, -0.2) is 49.2 Å². The number of hydrogen-bond acceptors (Lipinski definition) is 4. The molecule has 0 heterocycles. The van der Waals surface area contributed by atoms with Gasteiger partial charge in [-0.1, -0.05) is 6.92 Å². The average molecular weight is 256 g/mol. The van der Waals surface area contributed by atoms with Crippen LogP contribution in [0, 0.1) is 0 Å². The highest BCUT2D eigenvalue weighted by atomic mass is 16.5. The second-order valence-corrected chi connectivity index (χ2v) is 5.32. The Kier molecular flexibility index (Phi) is 6.09. The SMILES string of the molecule is CCCN(CCC(C)(NC)C(=O)OCC)C1CC1. The number of hydrogen-bond donors (Lipinski definition) is 1. The topological polar surface area (TPSA) is 41.6 Å². The molecule has 1 atom stereocenters. The molecule has 0 aliphatic heterocycles. The van der Waals surface area contributed by atoms with Crippen LogP contribution in [0.15, 0.2) is 0 Å². The first-order chi connectivity index (χ1) is 8.57. The molecule has 0 aromatic carbocycles. The summed E-state index contributed by atoms with van der Waals surface area (Å²) in [6.45, 7) is 8.53. The van der Waals surface area contributed by atoms with Crippen LogP contribution in [0.3, 0.4) is 0 Å². The van der Waals surface area contributed by atoms with Crippen LogP contribution < -0.4 is 5.32 Å². The minimum absolute atomic E-state index is 0.139. The monoisotopic (exact) mass is 256 g/mol. The molecule has 1 rings (SSSR count). The van der Waals surface area contributed by atoms with Gasteiger partial charge in [0, 0.05) is 12.6 Å². The molecule has 1 aliphatic carbocycles. The molecule has 106 valence electrons. The van der Waals surface area contributed by atoms with Crippen LogP contribution in [-0.2, 0) is 9.53 Å². The van der Waals surface area contributed by atoms with Crippen LogP contribution >= 0.6 is 0 Å². The number of likely N-dealkylation sites (N-methyl/N-ethyl adjacent to an activating group) is 1. The van der Waals surface area contributed by atoms with Gasteiger partial charge in [-0.15, -0.1) is 0 Å². The van der Waals surface area contributed by atoms with Gasteiger partial charge in [0.2, 0.25) is 0 Å². The van der Waals surface area contributed by atoms with Crippen molar-refractivity contribution in [1.82, 2.24) is 10.2 Å². The summed E-state index contributed by atoms with van der Waals surface area (Å²) >= 11 is 0. The van der Waals surface area contributed by atoms with Crippen molar-refractivity contribution in [2.75, 3.05) is 26.7 Å². The molecule has 1 unspecified atom stereocenters. The predicted molar refractivity (Wildman–Crippen MR) is 73.6 cm³/mol. The van der Waals surface area contributed by atoms with Gasteiger partial charge in [0.1, 0.15) is 5.54 Å². The molecule has 4 nitrogen and oxygen atoms in total. The Hall–Kier alpha value is -0.610. The van der Waals surface area contributed by atoms with Crippen molar-refractivity contribution in [3.05, 3.63) is 0 Å². The summed E-state index contributed by atoms with van der Waals surface area (Å²) in [4.78, 5) is 14.5. The average Bonchev–Trinajstić information content (AvgIpc) is 3.18. The fourth-order valence-electron chi connectivity index (χ4n) is 2.19. The first-order valence-corrected chi connectivity index (χ1v) is 7.17. The number of nitrogens with zero attached hydrogens (tertiary/aromatic N) is 1. The quantitative estimate of drug-likeness (QED) is 0.639. The zero-order chi connectivity index (χ0) is 13.6. The van der Waals surface area contributed by atoms with Gasteiger partial charge in [-0.2, -0.15) is 0 Å². The Morgan fingerprint density at radius 2 is 2.06 bits per heavy atom. The molecular formula is C14H28N2O2. The fraction of sp³-hybridized carbons (Fsp3) is 0.929. The molecule has 1 N–H and O–H groups in total. The highest BCUT2D eigenvalue weighted by Crippen LogP contribution is 2.28. The van der Waals surface area contributed by atoms with Gasteiger partial charge in [-0.05, 0) is 53.1 Å². The number of ether oxygens (including phenoxy) is 1. The summed E-state index contributed by atoms with van der Waals surface area (Å²) in [5.74, 6) is -0.139. The van der Waals surface area contributed by atoms with Gasteiger partial charge < -0.3 is 15.0 Å². The van der Waals surface area contributed by atoms with Crippen LogP contribution in [0.4, 0.5) is 0 Å². The summed E-state index contributed by atoms with van der Waals surface area (Å²) in [6, 6.07) is 0.758. The van der Waals surface area contributed by atoms with E-state index >= 15 is 0 Å². The first-order valence-electron chi connectivity index (χ1n) is 7.17. The van der Waals surface area contributed by atoms with E-state index in [1.54, 1.807) is 0 Å². The number of carbonyl (C=O) groups excluding carboxylic acids is 1. The van der Waals surface area contributed by atoms with Crippen molar-refractivity contribution in [3.63, 3.8) is 0 Å². The molecule has 0 aromatic rings. The number of rotatable bonds is 9. The third-order valence-corrected chi connectivity index (χ3v) is 3.75. The van der Waals surface area contributed by atoms with Gasteiger partial charge in [0.25, 0.3) is 0 Å². The van der Waals surface area contributed by atoms with Crippen LogP contribution in [0.1, 0.15) is 46.5 Å². The van der Waals surface area contributed by atoms with Gasteiger partial charge in [-0.3, -0.25) is 4.79 Å². The molecule has 1 saturated carbocycles. The van der Waals surface area contributed by atoms with Crippen molar-refractivity contribution in [2.45, 2.75) is 58.0 Å². The Morgan fingerprint density at radius 3 is 2.50 bits per heavy atom. The molecule has 0 radical (unpaired) electrons. The molecule has 0 aromatic heterocycles. The van der Waals surface area contributed by atoms with Crippen molar-refractivity contribution in [2.24, 2.45) is 0 Å². The summed E-state index contributed by atoms with van der Waals surface area (Å²) in [7, 11) is 1.83. The van der Waals surface area contributed by atoms with E-state index in [0.29, 0.717) is 6.61 Å². The maximum absolute atomic E-state index is 11.9. The standard InChI is InChI=1S/C14H28N2O2/c1-5-10-16(12-7-8-12)11-9-14(3,15-4)13(17)18-6-2/h12,15H,5-11H2,1-4H3. The molecule has 1 fully saturated rings. The normalized spacial score (nSPS) is 18.7. The van der Waals surface area contributed by atoms with E-state index in [0.717, 1.165) is 25.6 Å². The summed E-state index contributed by atoms with van der Waals surface area (Å²) in [5.41, 5.74) is -0.559. The maximum atomic E-state index is 11.9. The lowest BCUT2D eigenvalue weighted by Crippen LogP contribution is -2.50. The van der Waals surface area contributed by atoms with Crippen molar-refractivity contribution < 1.29 is 9.53 Å². The lowest BCUT2D eigenvalue weighted by molar-refractivity contribution is -0.150. The van der Waals surface area contributed by atoms with Gasteiger partial charge in [-0.25, -0.2) is 0 Å². The van der Waals surface area contributed by atoms with Crippen LogP contribution in [0.2, 0.25) is 0 Å². The van der Waals surface area contributed by atoms with Crippen molar-refractivity contribution >= 4 is 5.97 Å². The summed E-state index contributed by atoms with van der Waals surface area (Å²) in [5, 5.41) is 3.12. The van der Waals surface area contributed by atoms with Crippen molar-refractivity contribution in [1.29, 1.82) is 0 Å². The van der Waals surface area contributed by atoms with Crippen LogP contribution in [0.25, 0.3) is 0 Å². The van der Waals surface area contributed by atoms with Crippen LogP contribution in [0.5, 0.6) is 0 Å². The second kappa shape index (κ2) is 7.10.